The third-order valence-electron chi connectivity index (χ3n) is 6.06. The first-order valence-electron chi connectivity index (χ1n) is 11.6. The third kappa shape index (κ3) is 5.13. The second kappa shape index (κ2) is 10.7. The quantitative estimate of drug-likeness (QED) is 0.384. The number of methoxy groups -OCH3 is 1. The van der Waals surface area contributed by atoms with Gasteiger partial charge < -0.3 is 19.6 Å². The van der Waals surface area contributed by atoms with Crippen LogP contribution in [0.1, 0.15) is 0 Å². The van der Waals surface area contributed by atoms with E-state index in [9.17, 15) is 9.90 Å². The van der Waals surface area contributed by atoms with Gasteiger partial charge in [0.05, 0.1) is 12.9 Å². The maximum absolute atomic E-state index is 13.0. The van der Waals surface area contributed by atoms with E-state index in [1.807, 2.05) is 45.9 Å². The minimum atomic E-state index is 0.0672. The summed E-state index contributed by atoms with van der Waals surface area (Å²) in [5.41, 5.74) is 2.73. The lowest BCUT2D eigenvalue weighted by molar-refractivity contribution is -0.128. The Labute approximate surface area is 213 Å². The summed E-state index contributed by atoms with van der Waals surface area (Å²) >= 11 is 1.35. The largest absolute Gasteiger partial charge is 0.508 e. The van der Waals surface area contributed by atoms with Gasteiger partial charge in [0.15, 0.2) is 11.0 Å². The number of aromatic nitrogens is 4. The molecule has 4 aromatic rings. The van der Waals surface area contributed by atoms with Gasteiger partial charge in [0.25, 0.3) is 0 Å². The smallest absolute Gasteiger partial charge is 0.233 e. The summed E-state index contributed by atoms with van der Waals surface area (Å²) in [6.45, 7) is 2.88. The molecular weight excluding hydrogens is 476 g/mol. The van der Waals surface area contributed by atoms with Gasteiger partial charge in [0.1, 0.15) is 11.5 Å². The average molecular weight is 503 g/mol. The van der Waals surface area contributed by atoms with Crippen molar-refractivity contribution >= 4 is 23.4 Å². The lowest BCUT2D eigenvalue weighted by Crippen LogP contribution is -2.49. The molecule has 2 aromatic carbocycles. The first-order valence-corrected chi connectivity index (χ1v) is 12.6. The number of rotatable bonds is 7. The number of carbonyl (C=O) groups is 1. The fourth-order valence-corrected chi connectivity index (χ4v) is 4.96. The van der Waals surface area contributed by atoms with E-state index < -0.39 is 0 Å². The molecule has 0 atom stereocenters. The van der Waals surface area contributed by atoms with Gasteiger partial charge in [0, 0.05) is 55.5 Å². The Kier molecular flexibility index (Phi) is 7.03. The van der Waals surface area contributed by atoms with Gasteiger partial charge >= 0.3 is 0 Å². The Morgan fingerprint density at radius 2 is 1.69 bits per heavy atom. The molecule has 36 heavy (non-hydrogen) atoms. The lowest BCUT2D eigenvalue weighted by atomic mass is 10.2. The zero-order valence-corrected chi connectivity index (χ0v) is 20.6. The third-order valence-corrected chi connectivity index (χ3v) is 6.97. The number of benzene rings is 2. The normalized spacial score (nSPS) is 13.6. The second-order valence-corrected chi connectivity index (χ2v) is 9.20. The van der Waals surface area contributed by atoms with Crippen LogP contribution in [0.15, 0.2) is 78.2 Å². The van der Waals surface area contributed by atoms with Gasteiger partial charge in [0.2, 0.25) is 5.91 Å². The van der Waals surface area contributed by atoms with E-state index >= 15 is 0 Å². The fourth-order valence-electron chi connectivity index (χ4n) is 4.10. The average Bonchev–Trinajstić information content (AvgIpc) is 3.37. The van der Waals surface area contributed by atoms with Crippen LogP contribution in [0, 0.1) is 0 Å². The minimum absolute atomic E-state index is 0.0672. The van der Waals surface area contributed by atoms with E-state index in [2.05, 4.69) is 20.1 Å². The molecule has 3 heterocycles. The molecule has 1 aliphatic rings. The van der Waals surface area contributed by atoms with Gasteiger partial charge in [-0.15, -0.1) is 10.2 Å². The highest BCUT2D eigenvalue weighted by Gasteiger charge is 2.23. The number of pyridine rings is 1. The molecule has 184 valence electrons. The topological polar surface area (TPSA) is 96.6 Å². The number of aromatic hydroxyl groups is 1. The molecule has 1 N–H and O–H groups in total. The van der Waals surface area contributed by atoms with Crippen LogP contribution in [0.25, 0.3) is 17.1 Å². The maximum Gasteiger partial charge on any atom is 0.233 e. The number of phenols is 1. The van der Waals surface area contributed by atoms with Crippen molar-refractivity contribution in [2.24, 2.45) is 0 Å². The van der Waals surface area contributed by atoms with Crippen LogP contribution >= 0.6 is 11.8 Å². The Bertz CT molecular complexity index is 1300. The number of phenolic OH excluding ortho intramolecular Hbond substituents is 1. The molecule has 0 unspecified atom stereocenters. The number of nitrogens with zero attached hydrogens (tertiary/aromatic N) is 6. The van der Waals surface area contributed by atoms with Crippen molar-refractivity contribution in [3.63, 3.8) is 0 Å². The van der Waals surface area contributed by atoms with Gasteiger partial charge in [-0.3, -0.25) is 14.3 Å². The number of ether oxygens (including phenoxy) is 1. The molecular formula is C26H26N6O3S. The number of carbonyl (C=O) groups excluding carboxylic acids is 1. The summed E-state index contributed by atoms with van der Waals surface area (Å²) in [5.74, 6) is 1.95. The fraction of sp³-hybridized carbons (Fsp3) is 0.231. The van der Waals surface area contributed by atoms with Crippen LogP contribution in [0.5, 0.6) is 11.5 Å². The van der Waals surface area contributed by atoms with Gasteiger partial charge in [-0.1, -0.05) is 11.8 Å². The Morgan fingerprint density at radius 3 is 2.36 bits per heavy atom. The zero-order chi connectivity index (χ0) is 24.9. The number of hydrogen-bond acceptors (Lipinski definition) is 8. The highest BCUT2D eigenvalue weighted by molar-refractivity contribution is 7.99. The molecule has 1 fully saturated rings. The number of piperazine rings is 1. The second-order valence-electron chi connectivity index (χ2n) is 8.25. The van der Waals surface area contributed by atoms with Crippen molar-refractivity contribution in [3.8, 4) is 28.6 Å². The standard InChI is InChI=1S/C26H26N6O3S/c1-35-23-10-6-20(7-11-23)30-13-15-31(16-14-30)24(34)18-36-26-29-28-25(19-3-2-12-27-17-19)32(26)21-4-8-22(33)9-5-21/h2-12,17,33H,13-16,18H2,1H3. The highest BCUT2D eigenvalue weighted by Crippen LogP contribution is 2.29. The number of hydrogen-bond donors (Lipinski definition) is 1. The van der Waals surface area contributed by atoms with Crippen LogP contribution in [-0.4, -0.2) is 74.7 Å². The SMILES string of the molecule is COc1ccc(N2CCN(C(=O)CSc3nnc(-c4cccnc4)n3-c3ccc(O)cc3)CC2)cc1. The van der Waals surface area contributed by atoms with Crippen molar-refractivity contribution in [2.75, 3.05) is 43.9 Å². The molecule has 10 heteroatoms. The first-order chi connectivity index (χ1) is 17.6. The molecule has 1 saturated heterocycles. The zero-order valence-electron chi connectivity index (χ0n) is 19.8. The van der Waals surface area contributed by atoms with Crippen LogP contribution in [0.2, 0.25) is 0 Å². The van der Waals surface area contributed by atoms with Gasteiger partial charge in [-0.25, -0.2) is 0 Å². The number of anilines is 1. The van der Waals surface area contributed by atoms with E-state index in [0.29, 0.717) is 24.1 Å². The molecule has 0 bridgehead atoms. The van der Waals surface area contributed by atoms with Crippen molar-refractivity contribution < 1.29 is 14.6 Å². The molecule has 0 aliphatic carbocycles. The molecule has 1 amide bonds. The van der Waals surface area contributed by atoms with Crippen molar-refractivity contribution in [1.29, 1.82) is 0 Å². The van der Waals surface area contributed by atoms with Crippen molar-refractivity contribution in [3.05, 3.63) is 73.1 Å². The summed E-state index contributed by atoms with van der Waals surface area (Å²) in [6, 6.07) is 18.6. The summed E-state index contributed by atoms with van der Waals surface area (Å²) < 4.78 is 7.12. The van der Waals surface area contributed by atoms with Crippen LogP contribution < -0.4 is 9.64 Å². The molecule has 2 aromatic heterocycles. The summed E-state index contributed by atoms with van der Waals surface area (Å²) in [4.78, 5) is 21.4. The van der Waals surface area contributed by atoms with Gasteiger partial charge in [-0.05, 0) is 60.7 Å². The predicted octanol–water partition coefficient (Wildman–Crippen LogP) is 3.48. The molecule has 0 radical (unpaired) electrons. The van der Waals surface area contributed by atoms with E-state index in [-0.39, 0.29) is 17.4 Å². The molecule has 5 rings (SSSR count). The number of amides is 1. The van der Waals surface area contributed by atoms with Crippen LogP contribution in [-0.2, 0) is 4.79 Å². The Balaban J connectivity index is 1.26. The van der Waals surface area contributed by atoms with Crippen LogP contribution in [0.3, 0.4) is 0 Å². The maximum atomic E-state index is 13.0. The Hall–Kier alpha value is -4.05. The van der Waals surface area contributed by atoms with Crippen molar-refractivity contribution in [1.82, 2.24) is 24.6 Å². The lowest BCUT2D eigenvalue weighted by Gasteiger charge is -2.36. The minimum Gasteiger partial charge on any atom is -0.508 e. The van der Waals surface area contributed by atoms with E-state index in [4.69, 9.17) is 4.74 Å². The summed E-state index contributed by atoms with van der Waals surface area (Å²) in [6.07, 6.45) is 3.43. The van der Waals surface area contributed by atoms with E-state index in [1.54, 1.807) is 43.8 Å². The van der Waals surface area contributed by atoms with E-state index in [0.717, 1.165) is 35.8 Å². The molecule has 0 saturated carbocycles. The summed E-state index contributed by atoms with van der Waals surface area (Å²) in [5, 5.41) is 19.1. The summed E-state index contributed by atoms with van der Waals surface area (Å²) in [7, 11) is 1.66. The van der Waals surface area contributed by atoms with Crippen LogP contribution in [0.4, 0.5) is 5.69 Å². The monoisotopic (exact) mass is 502 g/mol. The number of thioether (sulfide) groups is 1. The Morgan fingerprint density at radius 1 is 0.972 bits per heavy atom. The van der Waals surface area contributed by atoms with E-state index in [1.165, 1.54) is 11.8 Å². The molecule has 0 spiro atoms. The van der Waals surface area contributed by atoms with Gasteiger partial charge in [-0.2, -0.15) is 0 Å². The molecule has 1 aliphatic heterocycles. The molecule has 9 nitrogen and oxygen atoms in total. The van der Waals surface area contributed by atoms with Crippen molar-refractivity contribution in [2.45, 2.75) is 5.16 Å². The highest BCUT2D eigenvalue weighted by atomic mass is 32.2. The first kappa shape index (κ1) is 23.7. The predicted molar refractivity (Wildman–Crippen MR) is 139 cm³/mol.